The molecule has 3 heteroatoms. The van der Waals surface area contributed by atoms with Gasteiger partial charge in [0.25, 0.3) is 0 Å². The van der Waals surface area contributed by atoms with Gasteiger partial charge in [-0.05, 0) is 18.2 Å². The minimum atomic E-state index is 1.06. The summed E-state index contributed by atoms with van der Waals surface area (Å²) in [6, 6.07) is 14.8. The molecule has 0 radical (unpaired) electrons. The van der Waals surface area contributed by atoms with Crippen LogP contribution in [0.5, 0.6) is 0 Å². The Bertz CT molecular complexity index is 1140. The number of fused-ring (bicyclic) bond motifs is 8. The Labute approximate surface area is 121 Å². The van der Waals surface area contributed by atoms with E-state index in [4.69, 9.17) is 0 Å². The Morgan fingerprint density at radius 2 is 1.81 bits per heavy atom. The summed E-state index contributed by atoms with van der Waals surface area (Å²) in [5.74, 6) is 0. The van der Waals surface area contributed by atoms with Gasteiger partial charge >= 0.3 is 0 Å². The Morgan fingerprint density at radius 3 is 2.76 bits per heavy atom. The molecule has 4 aromatic heterocycles. The zero-order valence-corrected chi connectivity index (χ0v) is 11.6. The van der Waals surface area contributed by atoms with Gasteiger partial charge in [-0.25, -0.2) is 0 Å². The predicted octanol–water partition coefficient (Wildman–Crippen LogP) is 4.13. The first kappa shape index (κ1) is 10.9. The van der Waals surface area contributed by atoms with Crippen molar-refractivity contribution in [2.24, 2.45) is 7.05 Å². The molecule has 4 heterocycles. The van der Waals surface area contributed by atoms with Crippen LogP contribution in [0.4, 0.5) is 0 Å². The molecule has 0 atom stereocenters. The maximum atomic E-state index is 4.61. The Kier molecular flexibility index (Phi) is 1.89. The molecule has 5 aromatic rings. The lowest BCUT2D eigenvalue weighted by atomic mass is 10.1. The van der Waals surface area contributed by atoms with Gasteiger partial charge in [0.05, 0.1) is 22.1 Å². The Balaban J connectivity index is 2.27. The molecule has 3 nitrogen and oxygen atoms in total. The van der Waals surface area contributed by atoms with E-state index in [9.17, 15) is 0 Å². The second-order valence-corrected chi connectivity index (χ2v) is 5.50. The van der Waals surface area contributed by atoms with Gasteiger partial charge in [-0.3, -0.25) is 4.98 Å². The summed E-state index contributed by atoms with van der Waals surface area (Å²) in [6.45, 7) is 0. The van der Waals surface area contributed by atoms with Gasteiger partial charge in [0.2, 0.25) is 0 Å². The third-order valence-electron chi connectivity index (χ3n) is 4.32. The quantitative estimate of drug-likeness (QED) is 0.415. The van der Waals surface area contributed by atoms with Crippen molar-refractivity contribution in [1.82, 2.24) is 14.0 Å². The highest BCUT2D eigenvalue weighted by Gasteiger charge is 2.14. The van der Waals surface area contributed by atoms with Gasteiger partial charge in [0.1, 0.15) is 0 Å². The molecule has 0 aliphatic carbocycles. The van der Waals surface area contributed by atoms with Gasteiger partial charge in [-0.15, -0.1) is 0 Å². The number of hydrogen-bond acceptors (Lipinski definition) is 1. The van der Waals surface area contributed by atoms with Crippen molar-refractivity contribution in [2.75, 3.05) is 0 Å². The number of benzene rings is 1. The van der Waals surface area contributed by atoms with Crippen LogP contribution in [0.15, 0.2) is 61.1 Å². The van der Waals surface area contributed by atoms with Gasteiger partial charge in [0, 0.05) is 41.8 Å². The topological polar surface area (TPSA) is 22.2 Å². The van der Waals surface area contributed by atoms with Crippen LogP contribution >= 0.6 is 0 Å². The summed E-state index contributed by atoms with van der Waals surface area (Å²) in [5.41, 5.74) is 4.71. The lowest BCUT2D eigenvalue weighted by Crippen LogP contribution is -1.93. The van der Waals surface area contributed by atoms with E-state index in [-0.39, 0.29) is 0 Å². The van der Waals surface area contributed by atoms with E-state index < -0.39 is 0 Å². The number of rotatable bonds is 0. The van der Waals surface area contributed by atoms with Crippen LogP contribution in [0.25, 0.3) is 38.2 Å². The molecule has 0 N–H and O–H groups in total. The molecule has 1 aromatic carbocycles. The predicted molar refractivity (Wildman–Crippen MR) is 86.7 cm³/mol. The van der Waals surface area contributed by atoms with Crippen LogP contribution in [-0.2, 0) is 7.05 Å². The summed E-state index contributed by atoms with van der Waals surface area (Å²) in [7, 11) is 2.10. The highest BCUT2D eigenvalue weighted by Crippen LogP contribution is 2.34. The van der Waals surface area contributed by atoms with E-state index in [2.05, 4.69) is 69.8 Å². The average Bonchev–Trinajstić information content (AvgIpc) is 3.08. The molecule has 0 spiro atoms. The van der Waals surface area contributed by atoms with Crippen LogP contribution in [0.1, 0.15) is 0 Å². The van der Waals surface area contributed by atoms with Crippen LogP contribution < -0.4 is 0 Å². The third kappa shape index (κ3) is 1.26. The highest BCUT2D eigenvalue weighted by atomic mass is 15.0. The van der Waals surface area contributed by atoms with Crippen LogP contribution in [-0.4, -0.2) is 14.0 Å². The fourth-order valence-electron chi connectivity index (χ4n) is 3.40. The standard InChI is InChI=1S/C18H13N3/c1-20-10-8-14-16-15(7-4-9-19-16)21-11-12-5-2-3-6-13(12)18(21)17(14)20/h2-11H,1H3. The number of pyridine rings is 2. The molecule has 0 fully saturated rings. The number of hydrogen-bond donors (Lipinski definition) is 0. The van der Waals surface area contributed by atoms with E-state index in [1.54, 1.807) is 0 Å². The van der Waals surface area contributed by atoms with Crippen molar-refractivity contribution >= 4 is 38.2 Å². The highest BCUT2D eigenvalue weighted by molar-refractivity contribution is 6.17. The number of aryl methyl sites for hydroxylation is 1. The monoisotopic (exact) mass is 271 g/mol. The first-order valence-electron chi connectivity index (χ1n) is 7.06. The smallest absolute Gasteiger partial charge is 0.0964 e. The maximum Gasteiger partial charge on any atom is 0.0964 e. The summed E-state index contributed by atoms with van der Waals surface area (Å²) in [4.78, 5) is 4.61. The van der Waals surface area contributed by atoms with Gasteiger partial charge in [-0.2, -0.15) is 0 Å². The normalized spacial score (nSPS) is 12.0. The van der Waals surface area contributed by atoms with Crippen molar-refractivity contribution in [2.45, 2.75) is 0 Å². The molecule has 21 heavy (non-hydrogen) atoms. The summed E-state index contributed by atoms with van der Waals surface area (Å²) < 4.78 is 4.46. The minimum Gasteiger partial charge on any atom is -0.349 e. The van der Waals surface area contributed by atoms with E-state index in [1.807, 2.05) is 12.3 Å². The molecule has 0 saturated heterocycles. The van der Waals surface area contributed by atoms with Gasteiger partial charge in [0.15, 0.2) is 0 Å². The first-order chi connectivity index (χ1) is 10.3. The lowest BCUT2D eigenvalue weighted by molar-refractivity contribution is 0.970. The van der Waals surface area contributed by atoms with E-state index >= 15 is 0 Å². The number of nitrogens with zero attached hydrogens (tertiary/aromatic N) is 3. The van der Waals surface area contributed by atoms with Crippen molar-refractivity contribution in [3.05, 3.63) is 61.1 Å². The SMILES string of the molecule is Cn1ccc2c3ncccc3n3cc4ccccc4c3c21. The fraction of sp³-hybridized carbons (Fsp3) is 0.0556. The molecule has 0 aliphatic heterocycles. The van der Waals surface area contributed by atoms with Gasteiger partial charge < -0.3 is 8.97 Å². The van der Waals surface area contributed by atoms with Crippen molar-refractivity contribution in [3.63, 3.8) is 0 Å². The van der Waals surface area contributed by atoms with Crippen LogP contribution in [0.2, 0.25) is 0 Å². The molecule has 0 amide bonds. The van der Waals surface area contributed by atoms with E-state index in [1.165, 1.54) is 27.2 Å². The summed E-state index contributed by atoms with van der Waals surface area (Å²) in [5, 5.41) is 3.76. The molecular weight excluding hydrogens is 258 g/mol. The molecule has 0 bridgehead atoms. The zero-order valence-electron chi connectivity index (χ0n) is 11.6. The van der Waals surface area contributed by atoms with E-state index in [0.29, 0.717) is 0 Å². The molecular formula is C18H13N3. The maximum absolute atomic E-state index is 4.61. The second-order valence-electron chi connectivity index (χ2n) is 5.50. The molecule has 0 saturated carbocycles. The summed E-state index contributed by atoms with van der Waals surface area (Å²) in [6.07, 6.45) is 6.19. The largest absolute Gasteiger partial charge is 0.349 e. The van der Waals surface area contributed by atoms with Crippen molar-refractivity contribution < 1.29 is 0 Å². The van der Waals surface area contributed by atoms with E-state index in [0.717, 1.165) is 11.0 Å². The minimum absolute atomic E-state index is 1.06. The lowest BCUT2D eigenvalue weighted by Gasteiger charge is -2.07. The Morgan fingerprint density at radius 1 is 0.905 bits per heavy atom. The van der Waals surface area contributed by atoms with Crippen LogP contribution in [0.3, 0.4) is 0 Å². The van der Waals surface area contributed by atoms with Crippen molar-refractivity contribution in [1.29, 1.82) is 0 Å². The molecule has 100 valence electrons. The second kappa shape index (κ2) is 3.64. The number of aromatic nitrogens is 3. The van der Waals surface area contributed by atoms with Gasteiger partial charge in [-0.1, -0.05) is 24.3 Å². The first-order valence-corrected chi connectivity index (χ1v) is 7.06. The third-order valence-corrected chi connectivity index (χ3v) is 4.32. The zero-order chi connectivity index (χ0) is 14.0. The Hall–Kier alpha value is -2.81. The fourth-order valence-corrected chi connectivity index (χ4v) is 3.40. The average molecular weight is 271 g/mol. The molecule has 0 unspecified atom stereocenters. The molecule has 5 rings (SSSR count). The molecule has 0 aliphatic rings. The van der Waals surface area contributed by atoms with Crippen LogP contribution in [0, 0.1) is 0 Å². The van der Waals surface area contributed by atoms with Crippen molar-refractivity contribution in [3.8, 4) is 0 Å². The summed E-state index contributed by atoms with van der Waals surface area (Å²) >= 11 is 0.